The number of carbonyl (C=O) groups excluding carboxylic acids is 1. The first-order valence-electron chi connectivity index (χ1n) is 18.8. The maximum atomic E-state index is 14.3. The highest BCUT2D eigenvalue weighted by Gasteiger charge is 2.24. The summed E-state index contributed by atoms with van der Waals surface area (Å²) in [6.07, 6.45) is 24.6. The zero-order valence-corrected chi connectivity index (χ0v) is 30.5. The molecule has 0 atom stereocenters. The number of aryl methyl sites for hydroxylation is 2. The number of benzene rings is 1. The summed E-state index contributed by atoms with van der Waals surface area (Å²) in [6.45, 7) is -0.0640. The fourth-order valence-corrected chi connectivity index (χ4v) is 6.52. The van der Waals surface area contributed by atoms with Gasteiger partial charge in [-0.05, 0) is 86.3 Å². The smallest absolute Gasteiger partial charge is 0.303 e. The summed E-state index contributed by atoms with van der Waals surface area (Å²) in [4.78, 5) is 47.6. The Hall–Kier alpha value is -4.64. The van der Waals surface area contributed by atoms with Crippen LogP contribution in [0.1, 0.15) is 123 Å². The highest BCUT2D eigenvalue weighted by atomic mass is 19.1. The maximum absolute atomic E-state index is 14.3. The average Bonchev–Trinajstić information content (AvgIpc) is 3.54. The van der Waals surface area contributed by atoms with E-state index in [1.54, 1.807) is 35.3 Å². The Labute approximate surface area is 305 Å². The molecule has 280 valence electrons. The van der Waals surface area contributed by atoms with Crippen LogP contribution >= 0.6 is 0 Å². The molecular formula is C41H54FN5O5. The number of carboxylic acid groups (broad SMARTS) is 1. The van der Waals surface area contributed by atoms with E-state index in [-0.39, 0.29) is 37.5 Å². The van der Waals surface area contributed by atoms with Crippen LogP contribution in [0.15, 0.2) is 65.9 Å². The molecule has 3 N–H and O–H groups in total. The second-order valence-corrected chi connectivity index (χ2v) is 13.5. The fourth-order valence-electron chi connectivity index (χ4n) is 6.52. The van der Waals surface area contributed by atoms with Crippen molar-refractivity contribution in [3.63, 3.8) is 0 Å². The van der Waals surface area contributed by atoms with Gasteiger partial charge in [-0.15, -0.1) is 0 Å². The van der Waals surface area contributed by atoms with Gasteiger partial charge in [-0.1, -0.05) is 69.2 Å². The van der Waals surface area contributed by atoms with Gasteiger partial charge in [0.25, 0.3) is 11.5 Å². The number of carbonyl (C=O) groups is 2. The quantitative estimate of drug-likeness (QED) is 0.0512. The van der Waals surface area contributed by atoms with Gasteiger partial charge >= 0.3 is 5.97 Å². The SMILES string of the molecule is Cn1ccnc1Cn1c(=O)c(C(=O)NCCO)c(CCCCCCCC/C=C\CCCCCCCC(=O)O)c2ncc(Cc3ccc(F)cc3)cc21. The molecule has 11 heteroatoms. The predicted molar refractivity (Wildman–Crippen MR) is 202 cm³/mol. The van der Waals surface area contributed by atoms with Crippen LogP contribution in [0, 0.1) is 5.82 Å². The van der Waals surface area contributed by atoms with E-state index in [9.17, 15) is 23.9 Å². The van der Waals surface area contributed by atoms with Gasteiger partial charge in [0.1, 0.15) is 17.2 Å². The van der Waals surface area contributed by atoms with Crippen molar-refractivity contribution in [2.75, 3.05) is 13.2 Å². The Morgan fingerprint density at radius 3 is 2.17 bits per heavy atom. The molecule has 0 spiro atoms. The van der Waals surface area contributed by atoms with Gasteiger partial charge in [0.2, 0.25) is 0 Å². The molecule has 0 saturated carbocycles. The molecule has 0 aliphatic carbocycles. The lowest BCUT2D eigenvalue weighted by molar-refractivity contribution is -0.137. The van der Waals surface area contributed by atoms with Crippen LogP contribution in [-0.2, 0) is 31.2 Å². The number of amides is 1. The first kappa shape index (κ1) is 40.1. The first-order chi connectivity index (χ1) is 25.3. The van der Waals surface area contributed by atoms with Crippen molar-refractivity contribution < 1.29 is 24.2 Å². The number of carboxylic acids is 1. The van der Waals surface area contributed by atoms with E-state index in [4.69, 9.17) is 10.1 Å². The van der Waals surface area contributed by atoms with Gasteiger partial charge in [0.05, 0.1) is 24.2 Å². The number of halogens is 1. The second-order valence-electron chi connectivity index (χ2n) is 13.5. The van der Waals surface area contributed by atoms with E-state index in [2.05, 4.69) is 22.5 Å². The van der Waals surface area contributed by atoms with Crippen molar-refractivity contribution in [1.29, 1.82) is 0 Å². The number of hydrogen-bond acceptors (Lipinski definition) is 6. The van der Waals surface area contributed by atoms with Gasteiger partial charge in [-0.3, -0.25) is 23.9 Å². The van der Waals surface area contributed by atoms with Crippen molar-refractivity contribution in [1.82, 2.24) is 24.4 Å². The fraction of sp³-hybridized carbons (Fsp3) is 0.488. The summed E-state index contributed by atoms with van der Waals surface area (Å²) < 4.78 is 17.0. The molecule has 0 bridgehead atoms. The van der Waals surface area contributed by atoms with Gasteiger partial charge in [0.15, 0.2) is 0 Å². The van der Waals surface area contributed by atoms with Crippen molar-refractivity contribution in [2.24, 2.45) is 7.05 Å². The highest BCUT2D eigenvalue weighted by Crippen LogP contribution is 2.24. The number of allylic oxidation sites excluding steroid dienone is 2. The predicted octanol–water partition coefficient (Wildman–Crippen LogP) is 7.28. The zero-order chi connectivity index (χ0) is 37.1. The van der Waals surface area contributed by atoms with Crippen LogP contribution in [0.4, 0.5) is 4.39 Å². The average molecular weight is 716 g/mol. The van der Waals surface area contributed by atoms with Gasteiger partial charge < -0.3 is 20.1 Å². The number of rotatable bonds is 24. The lowest BCUT2D eigenvalue weighted by Crippen LogP contribution is -2.36. The molecule has 52 heavy (non-hydrogen) atoms. The van der Waals surface area contributed by atoms with Crippen LogP contribution in [0.25, 0.3) is 11.0 Å². The molecule has 1 amide bonds. The molecule has 3 aromatic heterocycles. The summed E-state index contributed by atoms with van der Waals surface area (Å²) >= 11 is 0. The Bertz CT molecular complexity index is 1810. The number of aliphatic hydroxyl groups excluding tert-OH is 1. The molecule has 3 heterocycles. The highest BCUT2D eigenvalue weighted by molar-refractivity contribution is 5.99. The van der Waals surface area contributed by atoms with Crippen molar-refractivity contribution >= 4 is 22.9 Å². The lowest BCUT2D eigenvalue weighted by Gasteiger charge is -2.18. The second kappa shape index (κ2) is 21.7. The number of pyridine rings is 2. The Balaban J connectivity index is 1.40. The summed E-state index contributed by atoms with van der Waals surface area (Å²) in [5.74, 6) is -0.887. The monoisotopic (exact) mass is 715 g/mol. The summed E-state index contributed by atoms with van der Waals surface area (Å²) in [7, 11) is 1.85. The molecule has 0 fully saturated rings. The summed E-state index contributed by atoms with van der Waals surface area (Å²) in [6, 6.07) is 8.25. The third kappa shape index (κ3) is 12.5. The Morgan fingerprint density at radius 2 is 1.54 bits per heavy atom. The van der Waals surface area contributed by atoms with Crippen LogP contribution in [-0.4, -0.2) is 54.3 Å². The number of nitrogens with one attached hydrogen (secondary N) is 1. The number of aliphatic hydroxyl groups is 1. The molecule has 4 rings (SSSR count). The van der Waals surface area contributed by atoms with E-state index in [0.717, 1.165) is 94.6 Å². The van der Waals surface area contributed by atoms with E-state index in [1.165, 1.54) is 12.1 Å². The number of aliphatic carboxylic acids is 1. The van der Waals surface area contributed by atoms with Gasteiger partial charge in [-0.25, -0.2) is 9.37 Å². The molecule has 0 aliphatic rings. The van der Waals surface area contributed by atoms with Crippen LogP contribution in [0.5, 0.6) is 0 Å². The number of hydrogen-bond donors (Lipinski definition) is 3. The molecule has 0 radical (unpaired) electrons. The van der Waals surface area contributed by atoms with Gasteiger partial charge in [-0.2, -0.15) is 0 Å². The van der Waals surface area contributed by atoms with Crippen molar-refractivity contribution in [3.05, 3.63) is 105 Å². The topological polar surface area (TPSA) is 139 Å². The zero-order valence-electron chi connectivity index (χ0n) is 30.5. The molecule has 0 unspecified atom stereocenters. The molecule has 0 saturated heterocycles. The summed E-state index contributed by atoms with van der Waals surface area (Å²) in [5.41, 5.74) is 3.22. The molecule has 10 nitrogen and oxygen atoms in total. The van der Waals surface area contributed by atoms with E-state index in [1.807, 2.05) is 17.7 Å². The minimum Gasteiger partial charge on any atom is -0.481 e. The standard InChI is InChI=1S/C41H54FN5O5/c1-46-25-23-43-36(46)30-47-35-28-32(27-31-19-21-33(42)22-20-31)29-45-39(35)34(38(41(47)52)40(51)44-24-26-48)17-15-13-11-9-7-5-3-2-4-6-8-10-12-14-16-18-37(49)50/h2,4,19-23,25,28-29,48H,3,5-18,24,26-27,30H2,1H3,(H,44,51)(H,49,50)/b4-2-. The lowest BCUT2D eigenvalue weighted by atomic mass is 9.97. The van der Waals surface area contributed by atoms with Crippen LogP contribution < -0.4 is 10.9 Å². The summed E-state index contributed by atoms with van der Waals surface area (Å²) in [5, 5.41) is 20.8. The minimum absolute atomic E-state index is 0.0323. The molecular weight excluding hydrogens is 661 g/mol. The minimum atomic E-state index is -0.711. The largest absolute Gasteiger partial charge is 0.481 e. The number of aromatic nitrogens is 4. The number of unbranched alkanes of at least 4 members (excludes halogenated alkanes) is 11. The maximum Gasteiger partial charge on any atom is 0.303 e. The number of nitrogens with zero attached hydrogens (tertiary/aromatic N) is 4. The molecule has 4 aromatic rings. The third-order valence-corrected chi connectivity index (χ3v) is 9.40. The number of imidazole rings is 1. The van der Waals surface area contributed by atoms with Crippen LogP contribution in [0.2, 0.25) is 0 Å². The van der Waals surface area contributed by atoms with E-state index in [0.29, 0.717) is 35.3 Å². The Morgan fingerprint density at radius 1 is 0.885 bits per heavy atom. The molecule has 0 aliphatic heterocycles. The van der Waals surface area contributed by atoms with Crippen LogP contribution in [0.3, 0.4) is 0 Å². The third-order valence-electron chi connectivity index (χ3n) is 9.40. The molecule has 1 aromatic carbocycles. The van der Waals surface area contributed by atoms with E-state index < -0.39 is 17.4 Å². The Kier molecular flexibility index (Phi) is 16.7. The van der Waals surface area contributed by atoms with Crippen molar-refractivity contribution in [2.45, 2.75) is 109 Å². The first-order valence-corrected chi connectivity index (χ1v) is 18.8. The number of fused-ring (bicyclic) bond motifs is 1. The van der Waals surface area contributed by atoms with Crippen molar-refractivity contribution in [3.8, 4) is 0 Å². The van der Waals surface area contributed by atoms with Gasteiger partial charge in [0, 0.05) is 38.6 Å². The van der Waals surface area contributed by atoms with E-state index >= 15 is 0 Å². The normalized spacial score (nSPS) is 11.5.